The van der Waals surface area contributed by atoms with Crippen LogP contribution in [0.4, 0.5) is 14.5 Å². The molecule has 0 aliphatic rings. The highest BCUT2D eigenvalue weighted by Crippen LogP contribution is 2.17. The molecule has 20 heavy (non-hydrogen) atoms. The third kappa shape index (κ3) is 5.35. The second-order valence-corrected chi connectivity index (χ2v) is 4.25. The van der Waals surface area contributed by atoms with Crippen LogP contribution in [0.3, 0.4) is 0 Å². The number of benzene rings is 1. The number of carbonyl (C=O) groups excluding carboxylic acids is 1. The number of hydrogen-bond acceptors (Lipinski definition) is 3. The minimum atomic E-state index is -2.85. The van der Waals surface area contributed by atoms with Crippen LogP contribution in [-0.2, 0) is 4.79 Å². The van der Waals surface area contributed by atoms with Crippen molar-refractivity contribution in [3.8, 4) is 5.75 Å². The Balaban J connectivity index is 2.55. The SMILES string of the molecule is CNC(=O)CN(C)C(=S)Nc1ccc(OC(F)F)cc1. The molecule has 1 aromatic carbocycles. The second kappa shape index (κ2) is 7.59. The number of thiocarbonyl (C=S) groups is 1. The Bertz CT molecular complexity index is 468. The number of rotatable bonds is 5. The van der Waals surface area contributed by atoms with E-state index in [9.17, 15) is 13.6 Å². The van der Waals surface area contributed by atoms with Crippen molar-refractivity contribution in [1.29, 1.82) is 0 Å². The molecule has 1 amide bonds. The molecule has 0 fully saturated rings. The van der Waals surface area contributed by atoms with Gasteiger partial charge in [-0.2, -0.15) is 8.78 Å². The van der Waals surface area contributed by atoms with E-state index in [2.05, 4.69) is 15.4 Å². The number of halogens is 2. The Morgan fingerprint density at radius 1 is 1.40 bits per heavy atom. The first-order valence-corrected chi connectivity index (χ1v) is 6.10. The second-order valence-electron chi connectivity index (χ2n) is 3.86. The minimum absolute atomic E-state index is 0.0650. The predicted octanol–water partition coefficient (Wildman–Crippen LogP) is 1.66. The summed E-state index contributed by atoms with van der Waals surface area (Å²) in [6.07, 6.45) is 0. The van der Waals surface area contributed by atoms with Crippen LogP contribution in [0.1, 0.15) is 0 Å². The van der Waals surface area contributed by atoms with Crippen molar-refractivity contribution in [2.75, 3.05) is 26.0 Å². The number of anilines is 1. The summed E-state index contributed by atoms with van der Waals surface area (Å²) >= 11 is 5.11. The standard InChI is InChI=1S/C12H15F2N3O2S/c1-15-10(18)7-17(2)12(20)16-8-3-5-9(6-4-8)19-11(13)14/h3-6,11H,7H2,1-2H3,(H,15,18)(H,16,20). The molecule has 0 aromatic heterocycles. The first-order valence-electron chi connectivity index (χ1n) is 5.70. The van der Waals surface area contributed by atoms with Crippen molar-refractivity contribution in [3.05, 3.63) is 24.3 Å². The van der Waals surface area contributed by atoms with Gasteiger partial charge in [0, 0.05) is 19.8 Å². The summed E-state index contributed by atoms with van der Waals surface area (Å²) in [5.74, 6) is -0.104. The molecule has 5 nitrogen and oxygen atoms in total. The molecular formula is C12H15F2N3O2S. The van der Waals surface area contributed by atoms with Crippen molar-refractivity contribution in [2.45, 2.75) is 6.61 Å². The number of ether oxygens (including phenoxy) is 1. The van der Waals surface area contributed by atoms with Crippen molar-refractivity contribution in [3.63, 3.8) is 0 Å². The fourth-order valence-electron chi connectivity index (χ4n) is 1.30. The van der Waals surface area contributed by atoms with Gasteiger partial charge in [0.2, 0.25) is 5.91 Å². The number of nitrogens with zero attached hydrogens (tertiary/aromatic N) is 1. The summed E-state index contributed by atoms with van der Waals surface area (Å²) in [5, 5.41) is 5.71. The molecule has 0 aliphatic carbocycles. The fourth-order valence-corrected chi connectivity index (χ4v) is 1.49. The summed E-state index contributed by atoms with van der Waals surface area (Å²) in [6, 6.07) is 5.90. The van der Waals surface area contributed by atoms with Gasteiger partial charge in [-0.3, -0.25) is 4.79 Å². The number of nitrogens with one attached hydrogen (secondary N) is 2. The third-order valence-corrected chi connectivity index (χ3v) is 2.75. The zero-order valence-electron chi connectivity index (χ0n) is 11.0. The zero-order chi connectivity index (χ0) is 15.1. The molecule has 0 unspecified atom stereocenters. The van der Waals surface area contributed by atoms with E-state index >= 15 is 0 Å². The topological polar surface area (TPSA) is 53.6 Å². The summed E-state index contributed by atoms with van der Waals surface area (Å²) in [6.45, 7) is -2.73. The molecule has 1 rings (SSSR count). The normalized spacial score (nSPS) is 10.1. The number of likely N-dealkylation sites (N-methyl/N-ethyl adjacent to an activating group) is 2. The summed E-state index contributed by atoms with van der Waals surface area (Å²) in [7, 11) is 3.20. The van der Waals surface area contributed by atoms with Crippen molar-refractivity contribution < 1.29 is 18.3 Å². The Morgan fingerprint density at radius 3 is 2.50 bits per heavy atom. The van der Waals surface area contributed by atoms with E-state index in [0.717, 1.165) is 0 Å². The lowest BCUT2D eigenvalue weighted by atomic mass is 10.3. The van der Waals surface area contributed by atoms with Crippen LogP contribution in [0.25, 0.3) is 0 Å². The van der Waals surface area contributed by atoms with Crippen LogP contribution >= 0.6 is 12.2 Å². The highest BCUT2D eigenvalue weighted by Gasteiger charge is 2.09. The molecule has 0 saturated heterocycles. The molecule has 8 heteroatoms. The molecule has 0 spiro atoms. The lowest BCUT2D eigenvalue weighted by Crippen LogP contribution is -2.39. The first-order chi connectivity index (χ1) is 9.42. The summed E-state index contributed by atoms with van der Waals surface area (Å²) < 4.78 is 28.2. The Morgan fingerprint density at radius 2 is 2.00 bits per heavy atom. The van der Waals surface area contributed by atoms with E-state index < -0.39 is 6.61 Å². The van der Waals surface area contributed by atoms with Gasteiger partial charge < -0.3 is 20.3 Å². The van der Waals surface area contributed by atoms with Gasteiger partial charge in [0.05, 0.1) is 6.54 Å². The fraction of sp³-hybridized carbons (Fsp3) is 0.333. The highest BCUT2D eigenvalue weighted by molar-refractivity contribution is 7.80. The predicted molar refractivity (Wildman–Crippen MR) is 76.0 cm³/mol. The molecule has 0 bridgehead atoms. The van der Waals surface area contributed by atoms with E-state index in [-0.39, 0.29) is 18.2 Å². The Kier molecular flexibility index (Phi) is 6.10. The van der Waals surface area contributed by atoms with E-state index in [1.807, 2.05) is 0 Å². The monoisotopic (exact) mass is 303 g/mol. The molecular weight excluding hydrogens is 288 g/mol. The van der Waals surface area contributed by atoms with Gasteiger partial charge >= 0.3 is 6.61 Å². The van der Waals surface area contributed by atoms with E-state index in [4.69, 9.17) is 12.2 Å². The molecule has 0 aliphatic heterocycles. The summed E-state index contributed by atoms with van der Waals surface area (Å²) in [4.78, 5) is 12.8. The maximum absolute atomic E-state index is 12.0. The zero-order valence-corrected chi connectivity index (χ0v) is 11.8. The molecule has 0 radical (unpaired) electrons. The van der Waals surface area contributed by atoms with Gasteiger partial charge in [-0.05, 0) is 36.5 Å². The largest absolute Gasteiger partial charge is 0.435 e. The average molecular weight is 303 g/mol. The van der Waals surface area contributed by atoms with Crippen LogP contribution in [0.2, 0.25) is 0 Å². The van der Waals surface area contributed by atoms with Crippen molar-refractivity contribution in [2.24, 2.45) is 0 Å². The quantitative estimate of drug-likeness (QED) is 0.810. The minimum Gasteiger partial charge on any atom is -0.435 e. The average Bonchev–Trinajstić information content (AvgIpc) is 2.40. The lowest BCUT2D eigenvalue weighted by Gasteiger charge is -2.20. The smallest absolute Gasteiger partial charge is 0.387 e. The van der Waals surface area contributed by atoms with Crippen LogP contribution in [0.5, 0.6) is 5.75 Å². The molecule has 1 aromatic rings. The van der Waals surface area contributed by atoms with Gasteiger partial charge in [0.1, 0.15) is 5.75 Å². The Hall–Kier alpha value is -1.96. The third-order valence-electron chi connectivity index (χ3n) is 2.34. The van der Waals surface area contributed by atoms with Crippen LogP contribution in [0, 0.1) is 0 Å². The molecule has 110 valence electrons. The van der Waals surface area contributed by atoms with Gasteiger partial charge in [-0.1, -0.05) is 0 Å². The van der Waals surface area contributed by atoms with Gasteiger partial charge in [0.25, 0.3) is 0 Å². The number of hydrogen-bond donors (Lipinski definition) is 2. The first kappa shape index (κ1) is 16.1. The number of amides is 1. The maximum Gasteiger partial charge on any atom is 0.387 e. The highest BCUT2D eigenvalue weighted by atomic mass is 32.1. The van der Waals surface area contributed by atoms with Crippen LogP contribution in [0.15, 0.2) is 24.3 Å². The lowest BCUT2D eigenvalue weighted by molar-refractivity contribution is -0.120. The molecule has 0 heterocycles. The van der Waals surface area contributed by atoms with Crippen molar-refractivity contribution in [1.82, 2.24) is 10.2 Å². The molecule has 2 N–H and O–H groups in total. The van der Waals surface area contributed by atoms with Crippen LogP contribution in [-0.4, -0.2) is 43.2 Å². The summed E-state index contributed by atoms with van der Waals surface area (Å²) in [5.41, 5.74) is 0.611. The maximum atomic E-state index is 12.0. The number of carbonyl (C=O) groups is 1. The van der Waals surface area contributed by atoms with Gasteiger partial charge in [0.15, 0.2) is 5.11 Å². The van der Waals surface area contributed by atoms with Crippen molar-refractivity contribution >= 4 is 28.9 Å². The number of alkyl halides is 2. The van der Waals surface area contributed by atoms with E-state index in [0.29, 0.717) is 10.8 Å². The van der Waals surface area contributed by atoms with E-state index in [1.165, 1.54) is 19.2 Å². The molecule has 0 saturated carbocycles. The van der Waals surface area contributed by atoms with Gasteiger partial charge in [-0.15, -0.1) is 0 Å². The van der Waals surface area contributed by atoms with E-state index in [1.54, 1.807) is 24.1 Å². The Labute approximate surface area is 120 Å². The van der Waals surface area contributed by atoms with Gasteiger partial charge in [-0.25, -0.2) is 0 Å². The van der Waals surface area contributed by atoms with Crippen LogP contribution < -0.4 is 15.4 Å². The molecule has 0 atom stereocenters.